The Labute approximate surface area is 110 Å². The molecule has 106 valence electrons. The maximum atomic E-state index is 12.6. The Morgan fingerprint density at radius 2 is 1.95 bits per heavy atom. The lowest BCUT2D eigenvalue weighted by Crippen LogP contribution is -2.40. The maximum absolute atomic E-state index is 12.6. The highest BCUT2D eigenvalue weighted by molar-refractivity contribution is 5.31. The van der Waals surface area contributed by atoms with Crippen molar-refractivity contribution in [2.24, 2.45) is 5.92 Å². The molecular formula is C13H18F3N3. The minimum Gasteiger partial charge on any atom is -0.341 e. The topological polar surface area (TPSA) is 29.0 Å². The van der Waals surface area contributed by atoms with Crippen LogP contribution in [-0.2, 0) is 6.18 Å². The van der Waals surface area contributed by atoms with Gasteiger partial charge in [0.15, 0.2) is 0 Å². The number of rotatable bonds is 2. The average Bonchev–Trinajstić information content (AvgIpc) is 2.38. The largest absolute Gasteiger partial charge is 0.433 e. The molecule has 0 N–H and O–H groups in total. The molecule has 6 heteroatoms. The first-order valence-electron chi connectivity index (χ1n) is 6.52. The lowest BCUT2D eigenvalue weighted by molar-refractivity contribution is -0.141. The van der Waals surface area contributed by atoms with Crippen LogP contribution in [0.15, 0.2) is 12.3 Å². The minimum absolute atomic E-state index is 0.161. The molecule has 0 aliphatic heterocycles. The number of hydrogen-bond acceptors (Lipinski definition) is 3. The van der Waals surface area contributed by atoms with Gasteiger partial charge in [-0.05, 0) is 24.8 Å². The van der Waals surface area contributed by atoms with Crippen LogP contribution in [0.5, 0.6) is 0 Å². The molecule has 0 bridgehead atoms. The van der Waals surface area contributed by atoms with Crippen molar-refractivity contribution >= 4 is 5.95 Å². The number of hydrogen-bond donors (Lipinski definition) is 0. The molecule has 1 saturated carbocycles. The van der Waals surface area contributed by atoms with Gasteiger partial charge in [-0.1, -0.05) is 19.8 Å². The summed E-state index contributed by atoms with van der Waals surface area (Å²) in [6.07, 6.45) is 1.14. The molecule has 2 unspecified atom stereocenters. The molecular weight excluding hydrogens is 255 g/mol. The Hall–Kier alpha value is -1.33. The molecule has 0 amide bonds. The Kier molecular flexibility index (Phi) is 3.96. The Bertz CT molecular complexity index is 433. The van der Waals surface area contributed by atoms with E-state index in [1.807, 2.05) is 0 Å². The molecule has 3 nitrogen and oxygen atoms in total. The first-order chi connectivity index (χ1) is 8.89. The molecule has 0 saturated heterocycles. The van der Waals surface area contributed by atoms with Gasteiger partial charge in [-0.3, -0.25) is 0 Å². The smallest absolute Gasteiger partial charge is 0.341 e. The molecule has 2 atom stereocenters. The average molecular weight is 273 g/mol. The SMILES string of the molecule is CC1CCCCC1N(C)c1nccc(C(F)(F)F)n1. The number of aromatic nitrogens is 2. The highest BCUT2D eigenvalue weighted by Crippen LogP contribution is 2.31. The van der Waals surface area contributed by atoms with Crippen molar-refractivity contribution in [3.8, 4) is 0 Å². The monoisotopic (exact) mass is 273 g/mol. The van der Waals surface area contributed by atoms with Crippen LogP contribution in [0.25, 0.3) is 0 Å². The predicted molar refractivity (Wildman–Crippen MR) is 66.9 cm³/mol. The summed E-state index contributed by atoms with van der Waals surface area (Å²) in [6, 6.07) is 1.12. The van der Waals surface area contributed by atoms with E-state index in [0.717, 1.165) is 25.3 Å². The summed E-state index contributed by atoms with van der Waals surface area (Å²) in [6.45, 7) is 2.13. The van der Waals surface area contributed by atoms with Crippen LogP contribution in [0.1, 0.15) is 38.3 Å². The Balaban J connectivity index is 2.21. The van der Waals surface area contributed by atoms with Crippen molar-refractivity contribution in [2.45, 2.75) is 44.8 Å². The number of alkyl halides is 3. The fourth-order valence-corrected chi connectivity index (χ4v) is 2.70. The van der Waals surface area contributed by atoms with Gasteiger partial charge in [0.2, 0.25) is 5.95 Å². The second-order valence-corrected chi connectivity index (χ2v) is 5.18. The van der Waals surface area contributed by atoms with Crippen LogP contribution >= 0.6 is 0 Å². The van der Waals surface area contributed by atoms with E-state index < -0.39 is 11.9 Å². The van der Waals surface area contributed by atoms with Crippen LogP contribution in [0.4, 0.5) is 19.1 Å². The van der Waals surface area contributed by atoms with Gasteiger partial charge in [0.1, 0.15) is 5.69 Å². The van der Waals surface area contributed by atoms with E-state index in [4.69, 9.17) is 0 Å². The van der Waals surface area contributed by atoms with Gasteiger partial charge in [0.25, 0.3) is 0 Å². The summed E-state index contributed by atoms with van der Waals surface area (Å²) < 4.78 is 37.9. The summed E-state index contributed by atoms with van der Waals surface area (Å²) in [5.41, 5.74) is -0.882. The maximum Gasteiger partial charge on any atom is 0.433 e. The zero-order valence-corrected chi connectivity index (χ0v) is 11.1. The van der Waals surface area contributed by atoms with E-state index in [9.17, 15) is 13.2 Å². The van der Waals surface area contributed by atoms with Gasteiger partial charge in [-0.15, -0.1) is 0 Å². The van der Waals surface area contributed by atoms with Crippen molar-refractivity contribution < 1.29 is 13.2 Å². The molecule has 1 heterocycles. The van der Waals surface area contributed by atoms with Crippen LogP contribution in [0.3, 0.4) is 0 Å². The normalized spacial score (nSPS) is 24.3. The molecule has 1 aromatic heterocycles. The van der Waals surface area contributed by atoms with Gasteiger partial charge in [-0.2, -0.15) is 13.2 Å². The van der Waals surface area contributed by atoms with E-state index in [2.05, 4.69) is 16.9 Å². The third kappa shape index (κ3) is 3.16. The molecule has 0 spiro atoms. The van der Waals surface area contributed by atoms with Gasteiger partial charge in [0.05, 0.1) is 0 Å². The molecule has 19 heavy (non-hydrogen) atoms. The van der Waals surface area contributed by atoms with Crippen LogP contribution in [-0.4, -0.2) is 23.1 Å². The van der Waals surface area contributed by atoms with Gasteiger partial charge < -0.3 is 4.90 Å². The van der Waals surface area contributed by atoms with E-state index in [0.29, 0.717) is 5.92 Å². The molecule has 1 aliphatic rings. The van der Waals surface area contributed by atoms with Gasteiger partial charge in [-0.25, -0.2) is 9.97 Å². The van der Waals surface area contributed by atoms with Crippen molar-refractivity contribution in [3.05, 3.63) is 18.0 Å². The van der Waals surface area contributed by atoms with Gasteiger partial charge >= 0.3 is 6.18 Å². The number of anilines is 1. The second kappa shape index (κ2) is 5.35. The molecule has 1 aliphatic carbocycles. The quantitative estimate of drug-likeness (QED) is 0.825. The third-order valence-corrected chi connectivity index (χ3v) is 3.81. The van der Waals surface area contributed by atoms with Gasteiger partial charge in [0, 0.05) is 19.3 Å². The highest BCUT2D eigenvalue weighted by Gasteiger charge is 2.34. The first-order valence-corrected chi connectivity index (χ1v) is 6.52. The molecule has 2 rings (SSSR count). The summed E-state index contributed by atoms with van der Waals surface area (Å²) in [5.74, 6) is 0.616. The second-order valence-electron chi connectivity index (χ2n) is 5.18. The number of nitrogens with zero attached hydrogens (tertiary/aromatic N) is 3. The minimum atomic E-state index is -4.42. The summed E-state index contributed by atoms with van der Waals surface area (Å²) in [4.78, 5) is 9.41. The zero-order valence-electron chi connectivity index (χ0n) is 11.1. The van der Waals surface area contributed by atoms with Crippen LogP contribution in [0.2, 0.25) is 0 Å². The fraction of sp³-hybridized carbons (Fsp3) is 0.692. The third-order valence-electron chi connectivity index (χ3n) is 3.81. The van der Waals surface area contributed by atoms with Crippen LogP contribution in [0, 0.1) is 5.92 Å². The fourth-order valence-electron chi connectivity index (χ4n) is 2.70. The van der Waals surface area contributed by atoms with E-state index in [1.54, 1.807) is 11.9 Å². The van der Waals surface area contributed by atoms with E-state index in [1.165, 1.54) is 12.6 Å². The predicted octanol–water partition coefficient (Wildman–Crippen LogP) is 3.51. The Morgan fingerprint density at radius 1 is 1.26 bits per heavy atom. The lowest BCUT2D eigenvalue weighted by Gasteiger charge is -2.36. The molecule has 1 fully saturated rings. The summed E-state index contributed by atoms with van der Waals surface area (Å²) in [5, 5.41) is 0. The van der Waals surface area contributed by atoms with Crippen molar-refractivity contribution in [1.29, 1.82) is 0 Å². The van der Waals surface area contributed by atoms with E-state index >= 15 is 0 Å². The first kappa shape index (κ1) is 14.1. The molecule has 1 aromatic rings. The van der Waals surface area contributed by atoms with Crippen molar-refractivity contribution in [1.82, 2.24) is 9.97 Å². The van der Waals surface area contributed by atoms with E-state index in [-0.39, 0.29) is 12.0 Å². The molecule has 0 radical (unpaired) electrons. The highest BCUT2D eigenvalue weighted by atomic mass is 19.4. The van der Waals surface area contributed by atoms with Crippen LogP contribution < -0.4 is 4.90 Å². The standard InChI is InChI=1S/C13H18F3N3/c1-9-5-3-4-6-10(9)19(2)12-17-8-7-11(18-12)13(14,15)16/h7-10H,3-6H2,1-2H3. The zero-order chi connectivity index (χ0) is 14.0. The van der Waals surface area contributed by atoms with Crippen molar-refractivity contribution in [3.63, 3.8) is 0 Å². The number of halogens is 3. The summed E-state index contributed by atoms with van der Waals surface area (Å²) in [7, 11) is 1.78. The Morgan fingerprint density at radius 3 is 2.58 bits per heavy atom. The molecule has 0 aromatic carbocycles. The summed E-state index contributed by atoms with van der Waals surface area (Å²) >= 11 is 0. The lowest BCUT2D eigenvalue weighted by atomic mass is 9.85. The van der Waals surface area contributed by atoms with Crippen molar-refractivity contribution in [2.75, 3.05) is 11.9 Å².